The van der Waals surface area contributed by atoms with Gasteiger partial charge in [-0.15, -0.1) is 0 Å². The first-order valence-electron chi connectivity index (χ1n) is 19.5. The molecule has 56 heavy (non-hydrogen) atoms. The standard InChI is InChI=1S/C55H43N/c1-3-37-55(45-23-11-6-12-24-45)39-40(2)47-36-35-46(38-52(47)55)56(53-29-17-15-26-49(53)43-21-9-5-10-22-43)54-30-18-16-28-51(54)50-27-14-13-25-48(50)44-33-31-42(32-34-44)41-19-7-4-8-20-41/h3-39H,1-2H3. The summed E-state index contributed by atoms with van der Waals surface area (Å²) in [5.74, 6) is 0. The van der Waals surface area contributed by atoms with Gasteiger partial charge in [-0.2, -0.15) is 0 Å². The summed E-state index contributed by atoms with van der Waals surface area (Å²) < 4.78 is 0. The van der Waals surface area contributed by atoms with Gasteiger partial charge in [0.2, 0.25) is 0 Å². The summed E-state index contributed by atoms with van der Waals surface area (Å²) in [5, 5.41) is 0. The van der Waals surface area contributed by atoms with Crippen molar-refractivity contribution in [2.45, 2.75) is 19.3 Å². The second-order valence-electron chi connectivity index (χ2n) is 14.5. The number of para-hydroxylation sites is 2. The third kappa shape index (κ3) is 6.28. The zero-order valence-electron chi connectivity index (χ0n) is 31.8. The van der Waals surface area contributed by atoms with Crippen molar-refractivity contribution in [2.75, 3.05) is 4.90 Å². The molecule has 0 bridgehead atoms. The SMILES string of the molecule is CC=CC1(c2ccccc2)C=C(C)c2ccc(N(c3ccccc3-c3ccccc3)c3ccccc3-c3ccccc3-c3ccc(-c4ccccc4)cc3)cc21. The summed E-state index contributed by atoms with van der Waals surface area (Å²) in [4.78, 5) is 2.48. The minimum Gasteiger partial charge on any atom is -0.309 e. The Hall–Kier alpha value is -6.96. The van der Waals surface area contributed by atoms with Crippen LogP contribution in [0.1, 0.15) is 30.5 Å². The van der Waals surface area contributed by atoms with Gasteiger partial charge in [-0.3, -0.25) is 0 Å². The molecule has 1 unspecified atom stereocenters. The molecule has 0 saturated carbocycles. The Morgan fingerprint density at radius 2 is 0.893 bits per heavy atom. The smallest absolute Gasteiger partial charge is 0.0575 e. The number of anilines is 3. The van der Waals surface area contributed by atoms with E-state index >= 15 is 0 Å². The highest BCUT2D eigenvalue weighted by molar-refractivity contribution is 5.97. The van der Waals surface area contributed by atoms with Gasteiger partial charge in [0.15, 0.2) is 0 Å². The van der Waals surface area contributed by atoms with E-state index in [1.807, 2.05) is 0 Å². The molecular formula is C55H43N. The normalized spacial score (nSPS) is 14.7. The molecule has 1 aliphatic carbocycles. The lowest BCUT2D eigenvalue weighted by atomic mass is 9.76. The fraction of sp³-hybridized carbons (Fsp3) is 0.0545. The van der Waals surface area contributed by atoms with E-state index in [1.165, 1.54) is 61.2 Å². The van der Waals surface area contributed by atoms with Crippen LogP contribution in [-0.4, -0.2) is 0 Å². The highest BCUT2D eigenvalue weighted by atomic mass is 15.1. The fourth-order valence-corrected chi connectivity index (χ4v) is 8.58. The van der Waals surface area contributed by atoms with Crippen molar-refractivity contribution < 1.29 is 0 Å². The number of benzene rings is 8. The Balaban J connectivity index is 1.26. The van der Waals surface area contributed by atoms with Crippen molar-refractivity contribution in [3.63, 3.8) is 0 Å². The number of nitrogens with zero attached hydrogens (tertiary/aromatic N) is 1. The first-order chi connectivity index (χ1) is 27.6. The van der Waals surface area contributed by atoms with E-state index in [2.05, 4.69) is 243 Å². The first-order valence-corrected chi connectivity index (χ1v) is 19.5. The zero-order valence-corrected chi connectivity index (χ0v) is 31.8. The van der Waals surface area contributed by atoms with E-state index in [1.54, 1.807) is 0 Å². The summed E-state index contributed by atoms with van der Waals surface area (Å²) in [7, 11) is 0. The molecule has 268 valence electrons. The number of allylic oxidation sites excluding steroid dienone is 4. The highest BCUT2D eigenvalue weighted by Crippen LogP contribution is 2.51. The largest absolute Gasteiger partial charge is 0.309 e. The molecule has 8 aromatic carbocycles. The molecule has 1 aliphatic rings. The second-order valence-corrected chi connectivity index (χ2v) is 14.5. The van der Waals surface area contributed by atoms with Crippen LogP contribution in [0.5, 0.6) is 0 Å². The molecule has 1 atom stereocenters. The molecule has 0 aliphatic heterocycles. The van der Waals surface area contributed by atoms with E-state index in [-0.39, 0.29) is 5.41 Å². The summed E-state index contributed by atoms with van der Waals surface area (Å²) >= 11 is 0. The molecular weight excluding hydrogens is 675 g/mol. The summed E-state index contributed by atoms with van der Waals surface area (Å²) in [6.07, 6.45) is 6.99. The van der Waals surface area contributed by atoms with Crippen molar-refractivity contribution in [3.05, 3.63) is 241 Å². The molecule has 0 spiro atoms. The van der Waals surface area contributed by atoms with Crippen LogP contribution in [0, 0.1) is 0 Å². The molecule has 0 N–H and O–H groups in total. The van der Waals surface area contributed by atoms with Crippen molar-refractivity contribution in [3.8, 4) is 44.5 Å². The number of fused-ring (bicyclic) bond motifs is 1. The molecule has 0 amide bonds. The van der Waals surface area contributed by atoms with Crippen molar-refractivity contribution in [1.29, 1.82) is 0 Å². The van der Waals surface area contributed by atoms with Gasteiger partial charge >= 0.3 is 0 Å². The van der Waals surface area contributed by atoms with Gasteiger partial charge in [0, 0.05) is 16.8 Å². The molecule has 9 rings (SSSR count). The average molecular weight is 718 g/mol. The van der Waals surface area contributed by atoms with E-state index < -0.39 is 0 Å². The van der Waals surface area contributed by atoms with Crippen LogP contribution in [0.25, 0.3) is 50.1 Å². The quantitative estimate of drug-likeness (QED) is 0.134. The predicted octanol–water partition coefficient (Wildman–Crippen LogP) is 15.1. The Kier molecular flexibility index (Phi) is 9.35. The van der Waals surface area contributed by atoms with Crippen LogP contribution in [0.2, 0.25) is 0 Å². The maximum Gasteiger partial charge on any atom is 0.0575 e. The topological polar surface area (TPSA) is 3.24 Å². The van der Waals surface area contributed by atoms with Crippen LogP contribution >= 0.6 is 0 Å². The van der Waals surface area contributed by atoms with E-state index in [0.717, 1.165) is 22.6 Å². The maximum absolute atomic E-state index is 2.48. The molecule has 0 radical (unpaired) electrons. The molecule has 1 heteroatoms. The van der Waals surface area contributed by atoms with Crippen LogP contribution in [0.15, 0.2) is 224 Å². The lowest BCUT2D eigenvalue weighted by Gasteiger charge is -2.32. The third-order valence-corrected chi connectivity index (χ3v) is 11.2. The van der Waals surface area contributed by atoms with Crippen molar-refractivity contribution in [2.24, 2.45) is 0 Å². The molecule has 0 fully saturated rings. The van der Waals surface area contributed by atoms with Crippen LogP contribution < -0.4 is 4.90 Å². The Bertz CT molecular complexity index is 2690. The zero-order chi connectivity index (χ0) is 37.9. The first kappa shape index (κ1) is 34.8. The van der Waals surface area contributed by atoms with Crippen LogP contribution in [0.4, 0.5) is 17.1 Å². The number of hydrogen-bond acceptors (Lipinski definition) is 1. The van der Waals surface area contributed by atoms with E-state index in [4.69, 9.17) is 0 Å². The van der Waals surface area contributed by atoms with Crippen molar-refractivity contribution in [1.82, 2.24) is 0 Å². The summed E-state index contributed by atoms with van der Waals surface area (Å²) in [5.41, 5.74) is 17.6. The van der Waals surface area contributed by atoms with Gasteiger partial charge in [-0.05, 0) is 93.8 Å². The minimum absolute atomic E-state index is 0.381. The van der Waals surface area contributed by atoms with Gasteiger partial charge in [0.05, 0.1) is 16.8 Å². The monoisotopic (exact) mass is 717 g/mol. The van der Waals surface area contributed by atoms with Crippen LogP contribution in [0.3, 0.4) is 0 Å². The Morgan fingerprint density at radius 1 is 0.411 bits per heavy atom. The molecule has 0 saturated heterocycles. The summed E-state index contributed by atoms with van der Waals surface area (Å²) in [6, 6.07) is 74.8. The lowest BCUT2D eigenvalue weighted by Crippen LogP contribution is -2.21. The maximum atomic E-state index is 2.48. The lowest BCUT2D eigenvalue weighted by molar-refractivity contribution is 0.830. The van der Waals surface area contributed by atoms with E-state index in [9.17, 15) is 0 Å². The number of hydrogen-bond donors (Lipinski definition) is 0. The van der Waals surface area contributed by atoms with Gasteiger partial charge in [0.25, 0.3) is 0 Å². The number of rotatable bonds is 9. The average Bonchev–Trinajstić information content (AvgIpc) is 3.56. The summed E-state index contributed by atoms with van der Waals surface area (Å²) in [6.45, 7) is 4.37. The van der Waals surface area contributed by atoms with Gasteiger partial charge < -0.3 is 4.90 Å². The highest BCUT2D eigenvalue weighted by Gasteiger charge is 2.37. The molecule has 0 heterocycles. The van der Waals surface area contributed by atoms with Crippen molar-refractivity contribution >= 4 is 22.6 Å². The Morgan fingerprint density at radius 3 is 1.55 bits per heavy atom. The molecule has 8 aromatic rings. The van der Waals surface area contributed by atoms with E-state index in [0.29, 0.717) is 0 Å². The Labute approximate surface area is 331 Å². The van der Waals surface area contributed by atoms with Crippen LogP contribution in [-0.2, 0) is 5.41 Å². The van der Waals surface area contributed by atoms with Gasteiger partial charge in [-0.25, -0.2) is 0 Å². The molecule has 1 nitrogen and oxygen atoms in total. The molecule has 0 aromatic heterocycles. The predicted molar refractivity (Wildman–Crippen MR) is 239 cm³/mol. The third-order valence-electron chi connectivity index (χ3n) is 11.2. The van der Waals surface area contributed by atoms with Gasteiger partial charge in [0.1, 0.15) is 0 Å². The van der Waals surface area contributed by atoms with Gasteiger partial charge in [-0.1, -0.05) is 200 Å². The minimum atomic E-state index is -0.381. The second kappa shape index (κ2) is 15.1. The fourth-order valence-electron chi connectivity index (χ4n) is 8.58.